The second-order valence-electron chi connectivity index (χ2n) is 3.75. The molecule has 0 aliphatic heterocycles. The summed E-state index contributed by atoms with van der Waals surface area (Å²) in [5.41, 5.74) is 0. The molecule has 0 aromatic carbocycles. The third-order valence-electron chi connectivity index (χ3n) is 2.31. The van der Waals surface area contributed by atoms with Crippen LogP contribution >= 0.6 is 15.9 Å². The predicted octanol–water partition coefficient (Wildman–Crippen LogP) is 5.37. The molecule has 21 heavy (non-hydrogen) atoms. The Morgan fingerprint density at radius 1 is 0.571 bits per heavy atom. The van der Waals surface area contributed by atoms with Crippen molar-refractivity contribution in [2.24, 2.45) is 0 Å². The van der Waals surface area contributed by atoms with Crippen molar-refractivity contribution in [1.82, 2.24) is 0 Å². The van der Waals surface area contributed by atoms with E-state index in [4.69, 9.17) is 0 Å². The molecule has 0 amide bonds. The van der Waals surface area contributed by atoms with E-state index in [0.29, 0.717) is 15.9 Å². The van der Waals surface area contributed by atoms with Crippen molar-refractivity contribution in [3.63, 3.8) is 0 Å². The molecule has 0 unspecified atom stereocenters. The first kappa shape index (κ1) is 20.6. The van der Waals surface area contributed by atoms with Gasteiger partial charge >= 0.3 is 34.4 Å². The highest BCUT2D eigenvalue weighted by Crippen LogP contribution is 2.61. The van der Waals surface area contributed by atoms with Gasteiger partial charge in [-0.1, -0.05) is 0 Å². The second kappa shape index (κ2) is 5.08. The molecule has 0 aliphatic rings. The minimum absolute atomic E-state index is 0.621. The first-order valence-electron chi connectivity index (χ1n) is 4.56. The highest BCUT2D eigenvalue weighted by molar-refractivity contribution is 9.10. The maximum atomic E-state index is 12.8. The molecule has 0 saturated heterocycles. The van der Waals surface area contributed by atoms with E-state index in [1.165, 1.54) is 0 Å². The van der Waals surface area contributed by atoms with Gasteiger partial charge in [0.15, 0.2) is 0 Å². The largest absolute Gasteiger partial charge is 0.388 e. The number of halogens is 13. The molecule has 1 radical (unpaired) electrons. The zero-order valence-corrected chi connectivity index (χ0v) is 10.9. The van der Waals surface area contributed by atoms with Crippen LogP contribution in [0.3, 0.4) is 0 Å². The highest BCUT2D eigenvalue weighted by Gasteiger charge is 2.89. The van der Waals surface area contributed by atoms with Crippen molar-refractivity contribution in [1.29, 1.82) is 0 Å². The van der Waals surface area contributed by atoms with Gasteiger partial charge in [-0.15, -0.1) is 0 Å². The molecule has 0 atom stereocenters. The maximum Gasteiger partial charge on any atom is 0.388 e. The van der Waals surface area contributed by atoms with Gasteiger partial charge in [0.05, 0.1) is 0 Å². The first-order valence-corrected chi connectivity index (χ1v) is 5.35. The smallest absolute Gasteiger partial charge is 0.200 e. The average molecular weight is 408 g/mol. The molecule has 0 aliphatic carbocycles. The third kappa shape index (κ3) is 2.69. The topological polar surface area (TPSA) is 0 Å². The van der Waals surface area contributed by atoms with E-state index in [1.54, 1.807) is 0 Å². The lowest BCUT2D eigenvalue weighted by Gasteiger charge is -2.40. The Bertz CT molecular complexity index is 381. The van der Waals surface area contributed by atoms with Crippen molar-refractivity contribution >= 4 is 15.9 Å². The summed E-state index contributed by atoms with van der Waals surface area (Å²) in [6, 6.07) is 0. The summed E-state index contributed by atoms with van der Waals surface area (Å²) >= 11 is 0.621. The summed E-state index contributed by atoms with van der Waals surface area (Å²) in [4.78, 5) is -6.07. The molecule has 0 aromatic heterocycles. The molecule has 0 spiro atoms. The van der Waals surface area contributed by atoms with Crippen LogP contribution in [-0.4, -0.2) is 34.4 Å². The van der Waals surface area contributed by atoms with Crippen LogP contribution in [0.25, 0.3) is 0 Å². The normalized spacial score (nSPS) is 16.3. The molecule has 0 heterocycles. The monoisotopic (exact) mass is 407 g/mol. The Hall–Kier alpha value is -0.360. The van der Waals surface area contributed by atoms with E-state index >= 15 is 0 Å². The third-order valence-corrected chi connectivity index (χ3v) is 2.81. The zero-order valence-electron chi connectivity index (χ0n) is 9.33. The fourth-order valence-corrected chi connectivity index (χ4v) is 1.21. The quantitative estimate of drug-likeness (QED) is 0.410. The van der Waals surface area contributed by atoms with Gasteiger partial charge in [0.25, 0.3) is 0 Å². The van der Waals surface area contributed by atoms with E-state index < -0.39 is 40.9 Å². The van der Waals surface area contributed by atoms with Gasteiger partial charge < -0.3 is 0 Å². The summed E-state index contributed by atoms with van der Waals surface area (Å²) in [6.45, 7) is 2.08. The molecule has 0 bridgehead atoms. The van der Waals surface area contributed by atoms with Gasteiger partial charge in [0, 0.05) is 6.42 Å². The van der Waals surface area contributed by atoms with Crippen molar-refractivity contribution in [2.75, 3.05) is 0 Å². The van der Waals surface area contributed by atoms with Gasteiger partial charge in [-0.3, -0.25) is 0 Å². The number of rotatable bonds is 6. The molecule has 0 saturated carbocycles. The van der Waals surface area contributed by atoms with E-state index in [1.807, 2.05) is 0 Å². The van der Waals surface area contributed by atoms with Crippen LogP contribution in [0, 0.1) is 6.92 Å². The van der Waals surface area contributed by atoms with E-state index in [9.17, 15) is 52.7 Å². The van der Waals surface area contributed by atoms with E-state index in [2.05, 4.69) is 6.92 Å². The summed E-state index contributed by atoms with van der Waals surface area (Å²) in [5, 5.41) is 0. The van der Waals surface area contributed by atoms with Gasteiger partial charge in [-0.2, -0.15) is 52.7 Å². The number of alkyl halides is 13. The molecule has 0 N–H and O–H groups in total. The highest BCUT2D eigenvalue weighted by atomic mass is 79.9. The molecule has 13 heteroatoms. The molecule has 0 fully saturated rings. The number of hydrogen-bond acceptors (Lipinski definition) is 0. The standard InChI is InChI=1S/C8H4BrF12/c1-2-3(10,11)4(12,13)5(14,15)6(16,17)7(18,19)8(9,20)21/h1-2H2. The molecule has 0 aromatic rings. The van der Waals surface area contributed by atoms with Crippen molar-refractivity contribution in [2.45, 2.75) is 40.9 Å². The van der Waals surface area contributed by atoms with Crippen molar-refractivity contribution in [3.8, 4) is 0 Å². The van der Waals surface area contributed by atoms with Crippen molar-refractivity contribution < 1.29 is 52.7 Å². The lowest BCUT2D eigenvalue weighted by atomic mass is 9.93. The van der Waals surface area contributed by atoms with Crippen LogP contribution in [0.2, 0.25) is 0 Å². The van der Waals surface area contributed by atoms with Crippen LogP contribution in [-0.2, 0) is 0 Å². The summed E-state index contributed by atoms with van der Waals surface area (Å²) in [5.74, 6) is -35.1. The van der Waals surface area contributed by atoms with Crippen LogP contribution < -0.4 is 0 Å². The SMILES string of the molecule is [CH2]CC(F)(F)C(F)(F)C(F)(F)C(F)(F)C(F)(F)C(F)(F)Br. The van der Waals surface area contributed by atoms with Gasteiger partial charge in [-0.25, -0.2) is 0 Å². The Balaban J connectivity index is 6.14. The van der Waals surface area contributed by atoms with Gasteiger partial charge in [0.1, 0.15) is 0 Å². The van der Waals surface area contributed by atoms with Gasteiger partial charge in [0.2, 0.25) is 0 Å². The molecule has 0 nitrogen and oxygen atoms in total. The minimum atomic E-state index is -7.50. The average Bonchev–Trinajstić information content (AvgIpc) is 2.26. The minimum Gasteiger partial charge on any atom is -0.200 e. The first-order chi connectivity index (χ1) is 8.81. The Labute approximate surface area is 117 Å². The van der Waals surface area contributed by atoms with Crippen LogP contribution in [0.4, 0.5) is 52.7 Å². The van der Waals surface area contributed by atoms with Crippen LogP contribution in [0.5, 0.6) is 0 Å². The molecular formula is C8H4BrF12. The zero-order chi connectivity index (χ0) is 17.7. The van der Waals surface area contributed by atoms with E-state index in [-0.39, 0.29) is 0 Å². The Morgan fingerprint density at radius 3 is 1.10 bits per heavy atom. The van der Waals surface area contributed by atoms with Crippen LogP contribution in [0.1, 0.15) is 6.42 Å². The van der Waals surface area contributed by atoms with Crippen molar-refractivity contribution in [3.05, 3.63) is 6.92 Å². The van der Waals surface area contributed by atoms with E-state index in [0.717, 1.165) is 0 Å². The summed E-state index contributed by atoms with van der Waals surface area (Å²) in [7, 11) is 0. The lowest BCUT2D eigenvalue weighted by Crippen LogP contribution is -2.69. The van der Waals surface area contributed by atoms with Gasteiger partial charge in [-0.05, 0) is 22.9 Å². The summed E-state index contributed by atoms with van der Waals surface area (Å²) < 4.78 is 152. The summed E-state index contributed by atoms with van der Waals surface area (Å²) in [6.07, 6.45) is -2.37. The molecule has 127 valence electrons. The second-order valence-corrected chi connectivity index (χ2v) is 4.75. The molecular weight excluding hydrogens is 404 g/mol. The lowest BCUT2D eigenvalue weighted by molar-refractivity contribution is -0.414. The maximum absolute atomic E-state index is 12.8. The Kier molecular flexibility index (Phi) is 5.00. The Morgan fingerprint density at radius 2 is 0.857 bits per heavy atom. The molecule has 0 rings (SSSR count). The predicted molar refractivity (Wildman–Crippen MR) is 48.6 cm³/mol. The number of hydrogen-bond donors (Lipinski definition) is 0. The fraction of sp³-hybridized carbons (Fsp3) is 0.875. The van der Waals surface area contributed by atoms with Crippen LogP contribution in [0.15, 0.2) is 0 Å². The fourth-order valence-electron chi connectivity index (χ4n) is 0.959.